The van der Waals surface area contributed by atoms with Crippen LogP contribution in [-0.4, -0.2) is 23.5 Å². The normalized spacial score (nSPS) is 11.8. The maximum atomic E-state index is 13.4. The summed E-state index contributed by atoms with van der Waals surface area (Å²) in [7, 11) is 0. The Morgan fingerprint density at radius 1 is 1.22 bits per heavy atom. The van der Waals surface area contributed by atoms with E-state index in [1.165, 1.54) is 23.5 Å². The Morgan fingerprint density at radius 3 is 2.57 bits per heavy atom. The quantitative estimate of drug-likeness (QED) is 0.750. The number of rotatable bonds is 4. The number of aliphatic hydroxyl groups excluding tert-OH is 1. The minimum absolute atomic E-state index is 0.0735. The van der Waals surface area contributed by atoms with Gasteiger partial charge in [0.05, 0.1) is 0 Å². The van der Waals surface area contributed by atoms with Crippen LogP contribution in [0.4, 0.5) is 10.1 Å². The largest absolute Gasteiger partial charge is 0.386 e. The fraction of sp³-hybridized carbons (Fsp3) is 0.250. The molecule has 5 nitrogen and oxygen atoms in total. The van der Waals surface area contributed by atoms with Crippen molar-refractivity contribution < 1.29 is 19.1 Å². The van der Waals surface area contributed by atoms with Gasteiger partial charge in [0.15, 0.2) is 0 Å². The number of halogens is 1. The van der Waals surface area contributed by atoms with Crippen LogP contribution in [0, 0.1) is 19.7 Å². The van der Waals surface area contributed by atoms with E-state index in [-0.39, 0.29) is 12.2 Å². The van der Waals surface area contributed by atoms with Gasteiger partial charge < -0.3 is 15.7 Å². The molecule has 1 aromatic heterocycles. The van der Waals surface area contributed by atoms with Gasteiger partial charge in [-0.25, -0.2) is 4.39 Å². The van der Waals surface area contributed by atoms with Crippen molar-refractivity contribution in [2.75, 3.05) is 11.9 Å². The Bertz CT molecular complexity index is 730. The van der Waals surface area contributed by atoms with Crippen LogP contribution in [-0.2, 0) is 9.59 Å². The molecule has 0 radical (unpaired) electrons. The molecular weight excluding hydrogens is 319 g/mol. The van der Waals surface area contributed by atoms with Gasteiger partial charge in [-0.1, -0.05) is 6.07 Å². The molecule has 122 valence electrons. The van der Waals surface area contributed by atoms with Crippen LogP contribution in [0.15, 0.2) is 29.6 Å². The summed E-state index contributed by atoms with van der Waals surface area (Å²) in [5.74, 6) is -2.27. The van der Waals surface area contributed by atoms with Gasteiger partial charge in [-0.3, -0.25) is 9.59 Å². The number of amides is 2. The first-order valence-electron chi connectivity index (χ1n) is 6.96. The van der Waals surface area contributed by atoms with E-state index < -0.39 is 23.7 Å². The Hall–Kier alpha value is -2.25. The van der Waals surface area contributed by atoms with Gasteiger partial charge in [0.25, 0.3) is 0 Å². The first-order chi connectivity index (χ1) is 10.9. The van der Waals surface area contributed by atoms with E-state index in [2.05, 4.69) is 10.6 Å². The lowest BCUT2D eigenvalue weighted by Gasteiger charge is -2.11. The molecule has 0 saturated carbocycles. The van der Waals surface area contributed by atoms with E-state index >= 15 is 0 Å². The summed E-state index contributed by atoms with van der Waals surface area (Å²) in [6.45, 7) is 3.38. The molecule has 0 bridgehead atoms. The molecule has 3 N–H and O–H groups in total. The number of benzene rings is 1. The van der Waals surface area contributed by atoms with Crippen LogP contribution in [0.5, 0.6) is 0 Å². The zero-order valence-corrected chi connectivity index (χ0v) is 13.5. The SMILES string of the molecule is Cc1ccc(NC(=O)C(=O)NC[C@@H](O)c2sccc2C)cc1F. The van der Waals surface area contributed by atoms with Crippen molar-refractivity contribution in [2.24, 2.45) is 0 Å². The van der Waals surface area contributed by atoms with E-state index in [4.69, 9.17) is 0 Å². The topological polar surface area (TPSA) is 78.4 Å². The molecule has 0 aliphatic heterocycles. The summed E-state index contributed by atoms with van der Waals surface area (Å²) in [5, 5.41) is 16.5. The van der Waals surface area contributed by atoms with E-state index in [0.717, 1.165) is 16.5 Å². The van der Waals surface area contributed by atoms with Crippen molar-refractivity contribution in [3.63, 3.8) is 0 Å². The lowest BCUT2D eigenvalue weighted by atomic mass is 10.2. The summed E-state index contributed by atoms with van der Waals surface area (Å²) >= 11 is 1.38. The van der Waals surface area contributed by atoms with Crippen molar-refractivity contribution in [1.82, 2.24) is 5.32 Å². The lowest BCUT2D eigenvalue weighted by molar-refractivity contribution is -0.136. The number of carbonyl (C=O) groups is 2. The molecular formula is C16H17FN2O3S. The standard InChI is InChI=1S/C16H17FN2O3S/c1-9-3-4-11(7-12(9)17)19-16(22)15(21)18-8-13(20)14-10(2)5-6-23-14/h3-7,13,20H,8H2,1-2H3,(H,18,21)(H,19,22)/t13-/m1/s1. The number of nitrogens with one attached hydrogen (secondary N) is 2. The molecule has 1 aromatic carbocycles. The molecule has 0 unspecified atom stereocenters. The zero-order chi connectivity index (χ0) is 17.0. The second-order valence-corrected chi connectivity index (χ2v) is 6.06. The lowest BCUT2D eigenvalue weighted by Crippen LogP contribution is -2.37. The molecule has 7 heteroatoms. The van der Waals surface area contributed by atoms with E-state index in [1.807, 2.05) is 18.4 Å². The molecule has 0 aliphatic carbocycles. The minimum Gasteiger partial charge on any atom is -0.386 e. The summed E-state index contributed by atoms with van der Waals surface area (Å²) < 4.78 is 13.4. The number of carbonyl (C=O) groups excluding carboxylic acids is 2. The highest BCUT2D eigenvalue weighted by atomic mass is 32.1. The van der Waals surface area contributed by atoms with Crippen molar-refractivity contribution in [2.45, 2.75) is 20.0 Å². The van der Waals surface area contributed by atoms with E-state index in [1.54, 1.807) is 6.92 Å². The van der Waals surface area contributed by atoms with Crippen LogP contribution >= 0.6 is 11.3 Å². The number of aliphatic hydroxyl groups is 1. The van der Waals surface area contributed by atoms with Gasteiger partial charge in [0.1, 0.15) is 11.9 Å². The van der Waals surface area contributed by atoms with Gasteiger partial charge in [-0.15, -0.1) is 11.3 Å². The van der Waals surface area contributed by atoms with Crippen LogP contribution in [0.25, 0.3) is 0 Å². The minimum atomic E-state index is -0.914. The molecule has 2 amide bonds. The first-order valence-corrected chi connectivity index (χ1v) is 7.84. The zero-order valence-electron chi connectivity index (χ0n) is 12.7. The third kappa shape index (κ3) is 4.37. The molecule has 1 heterocycles. The van der Waals surface area contributed by atoms with Gasteiger partial charge >= 0.3 is 11.8 Å². The van der Waals surface area contributed by atoms with Gasteiger partial charge in [0, 0.05) is 17.1 Å². The summed E-state index contributed by atoms with van der Waals surface area (Å²) in [6, 6.07) is 6.02. The highest BCUT2D eigenvalue weighted by molar-refractivity contribution is 7.10. The number of aryl methyl sites for hydroxylation is 2. The van der Waals surface area contributed by atoms with Crippen molar-refractivity contribution >= 4 is 28.8 Å². The van der Waals surface area contributed by atoms with Crippen molar-refractivity contribution in [3.8, 4) is 0 Å². The fourth-order valence-electron chi connectivity index (χ4n) is 1.95. The van der Waals surface area contributed by atoms with Crippen molar-refractivity contribution in [1.29, 1.82) is 0 Å². The molecule has 0 saturated heterocycles. The average Bonchev–Trinajstić information content (AvgIpc) is 2.94. The maximum Gasteiger partial charge on any atom is 0.313 e. The number of thiophene rings is 1. The summed E-state index contributed by atoms with van der Waals surface area (Å²) in [6.07, 6.45) is -0.872. The second-order valence-electron chi connectivity index (χ2n) is 5.11. The molecule has 0 spiro atoms. The maximum absolute atomic E-state index is 13.4. The smallest absolute Gasteiger partial charge is 0.313 e. The van der Waals surface area contributed by atoms with Crippen LogP contribution in [0.3, 0.4) is 0 Å². The predicted octanol–water partition coefficient (Wildman–Crippen LogP) is 2.29. The molecule has 2 aromatic rings. The third-order valence-electron chi connectivity index (χ3n) is 3.30. The Labute approximate surface area is 137 Å². The van der Waals surface area contributed by atoms with E-state index in [9.17, 15) is 19.1 Å². The second kappa shape index (κ2) is 7.34. The number of anilines is 1. The molecule has 0 fully saturated rings. The van der Waals surface area contributed by atoms with Crippen LogP contribution in [0.1, 0.15) is 22.1 Å². The van der Waals surface area contributed by atoms with Crippen LogP contribution < -0.4 is 10.6 Å². The Kier molecular flexibility index (Phi) is 5.46. The average molecular weight is 336 g/mol. The summed E-state index contributed by atoms with van der Waals surface area (Å²) in [5.41, 5.74) is 1.57. The number of hydrogen-bond acceptors (Lipinski definition) is 4. The van der Waals surface area contributed by atoms with Gasteiger partial charge in [-0.2, -0.15) is 0 Å². The molecule has 1 atom stereocenters. The van der Waals surface area contributed by atoms with Gasteiger partial charge in [-0.05, 0) is 48.6 Å². The monoisotopic (exact) mass is 336 g/mol. The van der Waals surface area contributed by atoms with Crippen LogP contribution in [0.2, 0.25) is 0 Å². The predicted molar refractivity (Wildman–Crippen MR) is 86.8 cm³/mol. The molecule has 23 heavy (non-hydrogen) atoms. The Morgan fingerprint density at radius 2 is 1.96 bits per heavy atom. The fourth-order valence-corrected chi connectivity index (χ4v) is 2.86. The van der Waals surface area contributed by atoms with Crippen molar-refractivity contribution in [3.05, 3.63) is 51.5 Å². The van der Waals surface area contributed by atoms with Gasteiger partial charge in [0.2, 0.25) is 0 Å². The summed E-state index contributed by atoms with van der Waals surface area (Å²) in [4.78, 5) is 24.2. The molecule has 0 aliphatic rings. The highest BCUT2D eigenvalue weighted by Gasteiger charge is 2.17. The number of hydrogen-bond donors (Lipinski definition) is 3. The molecule has 2 rings (SSSR count). The Balaban J connectivity index is 1.89. The van der Waals surface area contributed by atoms with E-state index in [0.29, 0.717) is 5.56 Å². The first kappa shape index (κ1) is 17.1. The third-order valence-corrected chi connectivity index (χ3v) is 4.42. The highest BCUT2D eigenvalue weighted by Crippen LogP contribution is 2.23.